The highest BCUT2D eigenvalue weighted by molar-refractivity contribution is 6.31. The SMILES string of the molecule is O=C(O)c1cc(Cl)cc(-c2ccc(Cl)cc2C(F)(F)F)c1. The van der Waals surface area contributed by atoms with Crippen LogP contribution in [0.4, 0.5) is 13.2 Å². The summed E-state index contributed by atoms with van der Waals surface area (Å²) in [5, 5.41) is 8.92. The van der Waals surface area contributed by atoms with Crippen LogP contribution in [0.25, 0.3) is 11.1 Å². The van der Waals surface area contributed by atoms with Crippen molar-refractivity contribution in [3.05, 3.63) is 57.6 Å². The van der Waals surface area contributed by atoms with Crippen molar-refractivity contribution in [1.29, 1.82) is 0 Å². The summed E-state index contributed by atoms with van der Waals surface area (Å²) in [6, 6.07) is 6.84. The molecule has 0 radical (unpaired) electrons. The van der Waals surface area contributed by atoms with Gasteiger partial charge in [0, 0.05) is 10.0 Å². The zero-order valence-corrected chi connectivity index (χ0v) is 11.7. The molecule has 0 amide bonds. The van der Waals surface area contributed by atoms with Gasteiger partial charge in [0.1, 0.15) is 0 Å². The highest BCUT2D eigenvalue weighted by atomic mass is 35.5. The summed E-state index contributed by atoms with van der Waals surface area (Å²) in [6.07, 6.45) is -4.62. The molecule has 0 saturated heterocycles. The van der Waals surface area contributed by atoms with Crippen molar-refractivity contribution in [2.75, 3.05) is 0 Å². The van der Waals surface area contributed by atoms with Crippen LogP contribution in [0.3, 0.4) is 0 Å². The van der Waals surface area contributed by atoms with Crippen LogP contribution in [0.1, 0.15) is 15.9 Å². The zero-order chi connectivity index (χ0) is 15.8. The number of alkyl halides is 3. The summed E-state index contributed by atoms with van der Waals surface area (Å²) in [5.74, 6) is -1.28. The zero-order valence-electron chi connectivity index (χ0n) is 10.2. The lowest BCUT2D eigenvalue weighted by Crippen LogP contribution is -2.07. The van der Waals surface area contributed by atoms with E-state index in [1.807, 2.05) is 0 Å². The first kappa shape index (κ1) is 15.7. The van der Waals surface area contributed by atoms with Gasteiger partial charge in [0.25, 0.3) is 0 Å². The van der Waals surface area contributed by atoms with Gasteiger partial charge < -0.3 is 5.11 Å². The van der Waals surface area contributed by atoms with Gasteiger partial charge in [-0.3, -0.25) is 0 Å². The van der Waals surface area contributed by atoms with Gasteiger partial charge >= 0.3 is 12.1 Å². The summed E-state index contributed by atoms with van der Waals surface area (Å²) in [4.78, 5) is 11.0. The first-order chi connectivity index (χ1) is 9.68. The monoisotopic (exact) mass is 334 g/mol. The van der Waals surface area contributed by atoms with Gasteiger partial charge in [-0.1, -0.05) is 29.3 Å². The lowest BCUT2D eigenvalue weighted by Gasteiger charge is -2.14. The number of hydrogen-bond donors (Lipinski definition) is 1. The summed E-state index contributed by atoms with van der Waals surface area (Å²) in [7, 11) is 0. The van der Waals surface area contributed by atoms with Crippen molar-refractivity contribution in [3.63, 3.8) is 0 Å². The molecule has 110 valence electrons. The fourth-order valence-corrected chi connectivity index (χ4v) is 2.28. The largest absolute Gasteiger partial charge is 0.478 e. The molecular formula is C14H7Cl2F3O2. The van der Waals surface area contributed by atoms with E-state index >= 15 is 0 Å². The average Bonchev–Trinajstić information content (AvgIpc) is 2.36. The summed E-state index contributed by atoms with van der Waals surface area (Å²) in [6.45, 7) is 0. The molecule has 1 N–H and O–H groups in total. The van der Waals surface area contributed by atoms with Gasteiger partial charge in [0.2, 0.25) is 0 Å². The molecule has 0 bridgehead atoms. The van der Waals surface area contributed by atoms with Gasteiger partial charge in [0.15, 0.2) is 0 Å². The maximum absolute atomic E-state index is 13.1. The van der Waals surface area contributed by atoms with Gasteiger partial charge in [-0.25, -0.2) is 4.79 Å². The molecule has 0 aliphatic rings. The van der Waals surface area contributed by atoms with Crippen LogP contribution >= 0.6 is 23.2 Å². The molecule has 2 nitrogen and oxygen atoms in total. The average molecular weight is 335 g/mol. The number of benzene rings is 2. The van der Waals surface area contributed by atoms with Crippen molar-refractivity contribution in [2.45, 2.75) is 6.18 Å². The smallest absolute Gasteiger partial charge is 0.417 e. The van der Waals surface area contributed by atoms with Crippen LogP contribution in [0, 0.1) is 0 Å². The van der Waals surface area contributed by atoms with E-state index in [2.05, 4.69) is 0 Å². The molecular weight excluding hydrogens is 328 g/mol. The fourth-order valence-electron chi connectivity index (χ4n) is 1.87. The molecule has 0 heterocycles. The lowest BCUT2D eigenvalue weighted by molar-refractivity contribution is -0.137. The summed E-state index contributed by atoms with van der Waals surface area (Å²) >= 11 is 11.4. The lowest BCUT2D eigenvalue weighted by atomic mass is 9.97. The normalized spacial score (nSPS) is 11.5. The van der Waals surface area contributed by atoms with Gasteiger partial charge in [-0.2, -0.15) is 13.2 Å². The maximum atomic E-state index is 13.1. The molecule has 2 rings (SSSR count). The predicted octanol–water partition coefficient (Wildman–Crippen LogP) is 5.38. The third kappa shape index (κ3) is 3.49. The Morgan fingerprint density at radius 1 is 1.00 bits per heavy atom. The molecule has 2 aromatic rings. The van der Waals surface area contributed by atoms with Crippen molar-refractivity contribution in [1.82, 2.24) is 0 Å². The summed E-state index contributed by atoms with van der Waals surface area (Å²) in [5.41, 5.74) is -1.27. The number of carboxylic acids is 1. The second-order valence-electron chi connectivity index (χ2n) is 4.22. The minimum Gasteiger partial charge on any atom is -0.478 e. The van der Waals surface area contributed by atoms with E-state index < -0.39 is 17.7 Å². The second-order valence-corrected chi connectivity index (χ2v) is 5.09. The highest BCUT2D eigenvalue weighted by Gasteiger charge is 2.34. The van der Waals surface area contributed by atoms with E-state index in [-0.39, 0.29) is 26.7 Å². The fraction of sp³-hybridized carbons (Fsp3) is 0.0714. The Kier molecular flexibility index (Phi) is 4.16. The molecule has 0 spiro atoms. The van der Waals surface area contributed by atoms with Crippen LogP contribution in [-0.4, -0.2) is 11.1 Å². The molecule has 0 aromatic heterocycles. The molecule has 0 atom stereocenters. The van der Waals surface area contributed by atoms with Crippen LogP contribution < -0.4 is 0 Å². The molecule has 0 fully saturated rings. The Morgan fingerprint density at radius 2 is 1.67 bits per heavy atom. The molecule has 7 heteroatoms. The first-order valence-electron chi connectivity index (χ1n) is 5.59. The Bertz CT molecular complexity index is 712. The van der Waals surface area contributed by atoms with E-state index in [4.69, 9.17) is 28.3 Å². The minimum absolute atomic E-state index is 0.0352. The Hall–Kier alpha value is -1.72. The molecule has 0 aliphatic carbocycles. The third-order valence-corrected chi connectivity index (χ3v) is 3.20. The van der Waals surface area contributed by atoms with Crippen LogP contribution in [0.15, 0.2) is 36.4 Å². The van der Waals surface area contributed by atoms with Gasteiger partial charge in [-0.05, 0) is 41.5 Å². The second kappa shape index (κ2) is 5.58. The third-order valence-electron chi connectivity index (χ3n) is 2.74. The highest BCUT2D eigenvalue weighted by Crippen LogP contribution is 2.39. The number of aromatic carboxylic acids is 1. The van der Waals surface area contributed by atoms with Crippen molar-refractivity contribution in [2.24, 2.45) is 0 Å². The van der Waals surface area contributed by atoms with Crippen LogP contribution in [0.5, 0.6) is 0 Å². The quantitative estimate of drug-likeness (QED) is 0.800. The Labute approximate surface area is 127 Å². The Morgan fingerprint density at radius 3 is 2.24 bits per heavy atom. The number of rotatable bonds is 2. The van der Waals surface area contributed by atoms with Gasteiger partial charge in [0.05, 0.1) is 11.1 Å². The van der Waals surface area contributed by atoms with E-state index in [0.29, 0.717) is 0 Å². The maximum Gasteiger partial charge on any atom is 0.417 e. The van der Waals surface area contributed by atoms with Crippen molar-refractivity contribution >= 4 is 29.2 Å². The van der Waals surface area contributed by atoms with Crippen molar-refractivity contribution < 1.29 is 23.1 Å². The molecule has 0 unspecified atom stereocenters. The number of carbonyl (C=O) groups is 1. The number of hydrogen-bond acceptors (Lipinski definition) is 1. The number of carboxylic acid groups (broad SMARTS) is 1. The molecule has 0 aliphatic heterocycles. The van der Waals surface area contributed by atoms with Crippen LogP contribution in [-0.2, 0) is 6.18 Å². The van der Waals surface area contributed by atoms with E-state index in [9.17, 15) is 18.0 Å². The molecule has 0 saturated carbocycles. The number of halogens is 5. The Balaban J connectivity index is 2.70. The van der Waals surface area contributed by atoms with E-state index in [1.54, 1.807) is 0 Å². The minimum atomic E-state index is -4.62. The summed E-state index contributed by atoms with van der Waals surface area (Å²) < 4.78 is 39.2. The topological polar surface area (TPSA) is 37.3 Å². The van der Waals surface area contributed by atoms with Crippen molar-refractivity contribution in [3.8, 4) is 11.1 Å². The van der Waals surface area contributed by atoms with Crippen LogP contribution in [0.2, 0.25) is 10.0 Å². The standard InChI is InChI=1S/C14H7Cl2F3O2/c15-9-1-2-11(12(6-9)14(17,18)19)7-3-8(13(20)21)5-10(16)4-7/h1-6H,(H,20,21). The molecule has 21 heavy (non-hydrogen) atoms. The van der Waals surface area contributed by atoms with Gasteiger partial charge in [-0.15, -0.1) is 0 Å². The van der Waals surface area contributed by atoms with E-state index in [0.717, 1.165) is 18.2 Å². The predicted molar refractivity (Wildman–Crippen MR) is 73.9 cm³/mol. The molecule has 2 aromatic carbocycles. The first-order valence-corrected chi connectivity index (χ1v) is 6.35. The van der Waals surface area contributed by atoms with E-state index in [1.165, 1.54) is 18.2 Å².